The Morgan fingerprint density at radius 1 is 1.00 bits per heavy atom. The minimum absolute atomic E-state index is 0.201. The molecule has 0 aliphatic heterocycles. The van der Waals surface area contributed by atoms with Crippen molar-refractivity contribution in [3.63, 3.8) is 0 Å². The summed E-state index contributed by atoms with van der Waals surface area (Å²) in [5, 5.41) is 0. The fraction of sp³-hybridized carbons (Fsp3) is 0.933. The Labute approximate surface area is 141 Å². The van der Waals surface area contributed by atoms with Crippen LogP contribution in [-0.2, 0) is 19.6 Å². The molecule has 0 aromatic heterocycles. The number of halogens is 3. The summed E-state index contributed by atoms with van der Waals surface area (Å²) in [5.41, 5.74) is 0. The summed E-state index contributed by atoms with van der Waals surface area (Å²) in [6.07, 6.45) is 0.815. The summed E-state index contributed by atoms with van der Waals surface area (Å²) in [6, 6.07) is 0. The first-order chi connectivity index (χ1) is 11.1. The average Bonchev–Trinajstić information content (AvgIpc) is 2.42. The van der Waals surface area contributed by atoms with E-state index in [0.717, 1.165) is 19.3 Å². The van der Waals surface area contributed by atoms with Gasteiger partial charge in [0, 0.05) is 6.42 Å². The molecule has 0 bridgehead atoms. The largest absolute Gasteiger partial charge is 0.451 e. The highest BCUT2D eigenvalue weighted by Gasteiger charge is 2.45. The van der Waals surface area contributed by atoms with Crippen molar-refractivity contribution in [2.24, 2.45) is 0 Å². The lowest BCUT2D eigenvalue weighted by Crippen LogP contribution is -2.39. The van der Waals surface area contributed by atoms with Crippen LogP contribution in [-0.4, -0.2) is 37.0 Å². The Morgan fingerprint density at radius 2 is 1.46 bits per heavy atom. The highest BCUT2D eigenvalue weighted by molar-refractivity contribution is 7.85. The van der Waals surface area contributed by atoms with Gasteiger partial charge in [-0.15, -0.1) is 0 Å². The molecule has 0 aromatic rings. The number of carbonyl (C=O) groups excluding carboxylic acids is 1. The van der Waals surface area contributed by atoms with Crippen LogP contribution in [0.25, 0.3) is 0 Å². The van der Waals surface area contributed by atoms with Crippen LogP contribution in [0.3, 0.4) is 0 Å². The van der Waals surface area contributed by atoms with Crippen molar-refractivity contribution in [3.05, 3.63) is 0 Å². The van der Waals surface area contributed by atoms with Crippen molar-refractivity contribution in [1.82, 2.24) is 0 Å². The second-order valence-corrected chi connectivity index (χ2v) is 7.34. The van der Waals surface area contributed by atoms with E-state index in [2.05, 4.69) is 11.7 Å². The summed E-state index contributed by atoms with van der Waals surface area (Å²) < 4.78 is 71.5. The monoisotopic (exact) mass is 376 g/mol. The molecular formula is C15H27F3O5S. The van der Waals surface area contributed by atoms with E-state index >= 15 is 0 Å². The first kappa shape index (κ1) is 23.2. The van der Waals surface area contributed by atoms with Gasteiger partial charge in [0.25, 0.3) is 10.1 Å². The predicted molar refractivity (Wildman–Crippen MR) is 84.2 cm³/mol. The van der Waals surface area contributed by atoms with Gasteiger partial charge < -0.3 is 4.74 Å². The van der Waals surface area contributed by atoms with Crippen LogP contribution in [0.15, 0.2) is 0 Å². The zero-order valence-electron chi connectivity index (χ0n) is 14.0. The molecule has 24 heavy (non-hydrogen) atoms. The summed E-state index contributed by atoms with van der Waals surface area (Å²) in [5.74, 6) is -2.79. The van der Waals surface area contributed by atoms with Crippen LogP contribution in [0.4, 0.5) is 13.2 Å². The molecule has 5 nitrogen and oxygen atoms in total. The molecule has 0 amide bonds. The molecule has 0 heterocycles. The second kappa shape index (κ2) is 11.7. The Bertz CT molecular complexity index is 449. The van der Waals surface area contributed by atoms with Gasteiger partial charge in [0.2, 0.25) is 6.10 Å². The first-order valence-corrected chi connectivity index (χ1v) is 9.88. The normalized spacial score (nSPS) is 13.7. The number of unbranched alkanes of at least 4 members (excludes halogenated alkanes) is 8. The van der Waals surface area contributed by atoms with Gasteiger partial charge in [-0.1, -0.05) is 58.3 Å². The minimum Gasteiger partial charge on any atom is -0.451 e. The molecule has 0 fully saturated rings. The smallest absolute Gasteiger partial charge is 0.426 e. The fourth-order valence-electron chi connectivity index (χ4n) is 2.18. The Morgan fingerprint density at radius 3 is 1.88 bits per heavy atom. The maximum Gasteiger partial charge on any atom is 0.426 e. The third-order valence-electron chi connectivity index (χ3n) is 3.49. The van der Waals surface area contributed by atoms with Crippen LogP contribution in [0.1, 0.15) is 71.1 Å². The molecule has 0 aliphatic rings. The Balaban J connectivity index is 3.94. The Kier molecular flexibility index (Phi) is 11.3. The number of ether oxygens (including phenoxy) is 1. The van der Waals surface area contributed by atoms with Crippen LogP contribution in [0.2, 0.25) is 0 Å². The molecule has 1 N–H and O–H groups in total. The van der Waals surface area contributed by atoms with Gasteiger partial charge in [-0.2, -0.15) is 21.6 Å². The third-order valence-corrected chi connectivity index (χ3v) is 4.21. The van der Waals surface area contributed by atoms with Crippen molar-refractivity contribution in [3.8, 4) is 0 Å². The van der Waals surface area contributed by atoms with E-state index in [-0.39, 0.29) is 6.42 Å². The third kappa shape index (κ3) is 13.6. The standard InChI is InChI=1S/C15H27F3O5S/c1-2-3-4-5-6-7-8-9-10-11-14(19)23-13(15(16,17)18)12-24(20,21)22/h13H,2-12H2,1H3,(H,20,21,22). The average molecular weight is 376 g/mol. The van der Waals surface area contributed by atoms with Gasteiger partial charge in [0.1, 0.15) is 5.75 Å². The van der Waals surface area contributed by atoms with Gasteiger partial charge in [0.05, 0.1) is 0 Å². The van der Waals surface area contributed by atoms with E-state index in [4.69, 9.17) is 4.55 Å². The number of carbonyl (C=O) groups is 1. The molecule has 0 aromatic carbocycles. The van der Waals surface area contributed by atoms with Gasteiger partial charge in [-0.05, 0) is 6.42 Å². The SMILES string of the molecule is CCCCCCCCCCCC(=O)OC(CS(=O)(=O)O)C(F)(F)F. The lowest BCUT2D eigenvalue weighted by Gasteiger charge is -2.19. The van der Waals surface area contributed by atoms with Crippen LogP contribution < -0.4 is 0 Å². The molecular weight excluding hydrogens is 349 g/mol. The van der Waals surface area contributed by atoms with Crippen molar-refractivity contribution in [2.75, 3.05) is 5.75 Å². The molecule has 1 unspecified atom stereocenters. The summed E-state index contributed by atoms with van der Waals surface area (Å²) >= 11 is 0. The van der Waals surface area contributed by atoms with Crippen molar-refractivity contribution in [2.45, 2.75) is 83.4 Å². The molecule has 0 aliphatic carbocycles. The molecule has 0 radical (unpaired) electrons. The molecule has 0 saturated carbocycles. The fourth-order valence-corrected chi connectivity index (χ4v) is 2.82. The van der Waals surface area contributed by atoms with Gasteiger partial charge in [-0.3, -0.25) is 9.35 Å². The lowest BCUT2D eigenvalue weighted by atomic mass is 10.1. The number of esters is 1. The molecule has 9 heteroatoms. The van der Waals surface area contributed by atoms with E-state index in [0.29, 0.717) is 12.8 Å². The van der Waals surface area contributed by atoms with E-state index < -0.39 is 34.1 Å². The van der Waals surface area contributed by atoms with Gasteiger partial charge >= 0.3 is 12.1 Å². The Hall–Kier alpha value is -0.830. The van der Waals surface area contributed by atoms with E-state index in [1.54, 1.807) is 0 Å². The van der Waals surface area contributed by atoms with E-state index in [1.165, 1.54) is 25.7 Å². The molecule has 0 saturated heterocycles. The quantitative estimate of drug-likeness (QED) is 0.295. The summed E-state index contributed by atoms with van der Waals surface area (Å²) in [7, 11) is -4.89. The van der Waals surface area contributed by atoms with Crippen LogP contribution >= 0.6 is 0 Å². The number of hydrogen-bond donors (Lipinski definition) is 1. The maximum atomic E-state index is 12.6. The molecule has 144 valence electrons. The van der Waals surface area contributed by atoms with Crippen molar-refractivity contribution in [1.29, 1.82) is 0 Å². The van der Waals surface area contributed by atoms with E-state index in [9.17, 15) is 26.4 Å². The van der Waals surface area contributed by atoms with Crippen molar-refractivity contribution >= 4 is 16.1 Å². The topological polar surface area (TPSA) is 80.7 Å². The van der Waals surface area contributed by atoms with Crippen LogP contribution in [0, 0.1) is 0 Å². The zero-order valence-corrected chi connectivity index (χ0v) is 14.8. The predicted octanol–water partition coefficient (Wildman–Crippen LogP) is 4.27. The molecule has 0 spiro atoms. The minimum atomic E-state index is -5.04. The van der Waals surface area contributed by atoms with Crippen LogP contribution in [0.5, 0.6) is 0 Å². The van der Waals surface area contributed by atoms with E-state index in [1.807, 2.05) is 0 Å². The highest BCUT2D eigenvalue weighted by atomic mass is 32.2. The highest BCUT2D eigenvalue weighted by Crippen LogP contribution is 2.24. The number of hydrogen-bond acceptors (Lipinski definition) is 4. The second-order valence-electron chi connectivity index (χ2n) is 5.85. The summed E-state index contributed by atoms with van der Waals surface area (Å²) in [6.45, 7) is 2.14. The maximum absolute atomic E-state index is 12.6. The molecule has 0 rings (SSSR count). The number of rotatable bonds is 13. The molecule has 1 atom stereocenters. The number of alkyl halides is 3. The zero-order chi connectivity index (χ0) is 18.6. The summed E-state index contributed by atoms with van der Waals surface area (Å²) in [4.78, 5) is 11.4. The van der Waals surface area contributed by atoms with Gasteiger partial charge in [0.15, 0.2) is 0 Å². The van der Waals surface area contributed by atoms with Crippen molar-refractivity contribution < 1.29 is 35.7 Å². The first-order valence-electron chi connectivity index (χ1n) is 8.27. The lowest BCUT2D eigenvalue weighted by molar-refractivity contribution is -0.215. The van der Waals surface area contributed by atoms with Gasteiger partial charge in [-0.25, -0.2) is 0 Å².